The van der Waals surface area contributed by atoms with E-state index in [1.54, 1.807) is 4.80 Å². The van der Waals surface area contributed by atoms with E-state index in [2.05, 4.69) is 21.5 Å². The molecule has 1 aliphatic rings. The maximum absolute atomic E-state index is 5.68. The highest BCUT2D eigenvalue weighted by atomic mass is 16.5. The summed E-state index contributed by atoms with van der Waals surface area (Å²) in [6.45, 7) is 1.61. The first-order chi connectivity index (χ1) is 11.4. The van der Waals surface area contributed by atoms with E-state index in [0.29, 0.717) is 25.6 Å². The summed E-state index contributed by atoms with van der Waals surface area (Å²) >= 11 is 0. The Hall–Kier alpha value is -2.89. The molecule has 1 atom stereocenters. The minimum absolute atomic E-state index is 0.253. The van der Waals surface area contributed by atoms with Crippen molar-refractivity contribution in [2.45, 2.75) is 19.1 Å². The Morgan fingerprint density at radius 1 is 1.09 bits per heavy atom. The van der Waals surface area contributed by atoms with Crippen LogP contribution < -0.4 is 9.47 Å². The van der Waals surface area contributed by atoms with E-state index in [0.717, 1.165) is 11.5 Å². The smallest absolute Gasteiger partial charge is 0.212 e. The molecule has 1 aliphatic heterocycles. The Labute approximate surface area is 133 Å². The molecule has 3 aromatic rings. The number of hydrogen-bond acceptors (Lipinski definition) is 5. The fraction of sp³-hybridized carbons (Fsp3) is 0.235. The lowest BCUT2D eigenvalue weighted by Crippen LogP contribution is -2.13. The van der Waals surface area contributed by atoms with Crippen LogP contribution in [-0.2, 0) is 13.2 Å². The minimum Gasteiger partial charge on any atom is -0.493 e. The fourth-order valence-corrected chi connectivity index (χ4v) is 2.65. The Kier molecular flexibility index (Phi) is 3.63. The molecule has 0 amide bonds. The molecule has 0 spiro atoms. The maximum atomic E-state index is 5.68. The molecule has 4 rings (SSSR count). The quantitative estimate of drug-likeness (QED) is 0.724. The van der Waals surface area contributed by atoms with E-state index in [9.17, 15) is 0 Å². The van der Waals surface area contributed by atoms with Crippen molar-refractivity contribution in [2.75, 3.05) is 6.61 Å². The molecule has 1 unspecified atom stereocenters. The second-order valence-electron chi connectivity index (χ2n) is 5.41. The molecule has 2 heterocycles. The highest BCUT2D eigenvalue weighted by Gasteiger charge is 2.24. The van der Waals surface area contributed by atoms with Gasteiger partial charge < -0.3 is 9.47 Å². The van der Waals surface area contributed by atoms with Crippen LogP contribution >= 0.6 is 0 Å². The SMILES string of the molecule is c1ccc(OCc2nnn(CC3COc4ccccc43)n2)cc1. The average molecular weight is 308 g/mol. The molecule has 6 heteroatoms. The van der Waals surface area contributed by atoms with Crippen LogP contribution in [0, 0.1) is 0 Å². The number of rotatable bonds is 5. The molecule has 0 N–H and O–H groups in total. The molecule has 0 saturated carbocycles. The maximum Gasteiger partial charge on any atom is 0.212 e. The van der Waals surface area contributed by atoms with E-state index in [1.807, 2.05) is 48.5 Å². The van der Waals surface area contributed by atoms with E-state index in [-0.39, 0.29) is 5.92 Å². The zero-order chi connectivity index (χ0) is 15.5. The molecule has 0 saturated heterocycles. The van der Waals surface area contributed by atoms with Crippen LogP contribution in [0.25, 0.3) is 0 Å². The molecule has 0 fully saturated rings. The molecular weight excluding hydrogens is 292 g/mol. The van der Waals surface area contributed by atoms with E-state index in [4.69, 9.17) is 9.47 Å². The van der Waals surface area contributed by atoms with Gasteiger partial charge in [0.2, 0.25) is 5.82 Å². The first-order valence-corrected chi connectivity index (χ1v) is 7.55. The minimum atomic E-state index is 0.253. The predicted octanol–water partition coefficient (Wildman–Crippen LogP) is 2.43. The zero-order valence-corrected chi connectivity index (χ0v) is 12.5. The van der Waals surface area contributed by atoms with Crippen molar-refractivity contribution in [1.29, 1.82) is 0 Å². The van der Waals surface area contributed by atoms with Crippen LogP contribution in [0.3, 0.4) is 0 Å². The van der Waals surface area contributed by atoms with Crippen LogP contribution in [0.4, 0.5) is 0 Å². The van der Waals surface area contributed by atoms with Gasteiger partial charge in [-0.2, -0.15) is 4.80 Å². The molecule has 0 aliphatic carbocycles. The summed E-state index contributed by atoms with van der Waals surface area (Å²) in [4.78, 5) is 1.61. The van der Waals surface area contributed by atoms with E-state index < -0.39 is 0 Å². The number of fused-ring (bicyclic) bond motifs is 1. The van der Waals surface area contributed by atoms with Crippen molar-refractivity contribution in [3.05, 3.63) is 66.0 Å². The van der Waals surface area contributed by atoms with Crippen molar-refractivity contribution in [3.63, 3.8) is 0 Å². The lowest BCUT2D eigenvalue weighted by molar-refractivity contribution is 0.292. The van der Waals surface area contributed by atoms with Gasteiger partial charge in [-0.15, -0.1) is 10.2 Å². The van der Waals surface area contributed by atoms with Crippen molar-refractivity contribution >= 4 is 0 Å². The van der Waals surface area contributed by atoms with Gasteiger partial charge in [-0.1, -0.05) is 36.4 Å². The summed E-state index contributed by atoms with van der Waals surface area (Å²) in [5.41, 5.74) is 1.20. The van der Waals surface area contributed by atoms with Gasteiger partial charge in [0.25, 0.3) is 0 Å². The van der Waals surface area contributed by atoms with Gasteiger partial charge >= 0.3 is 0 Å². The molecule has 116 valence electrons. The first-order valence-electron chi connectivity index (χ1n) is 7.55. The van der Waals surface area contributed by atoms with Crippen molar-refractivity contribution in [3.8, 4) is 11.5 Å². The summed E-state index contributed by atoms with van der Waals surface area (Å²) in [7, 11) is 0. The van der Waals surface area contributed by atoms with Crippen LogP contribution in [0.15, 0.2) is 54.6 Å². The van der Waals surface area contributed by atoms with Crippen LogP contribution in [-0.4, -0.2) is 26.8 Å². The third kappa shape index (κ3) is 3.01. The largest absolute Gasteiger partial charge is 0.493 e. The van der Waals surface area contributed by atoms with Crippen LogP contribution in [0.1, 0.15) is 17.3 Å². The van der Waals surface area contributed by atoms with Gasteiger partial charge in [0.05, 0.1) is 13.2 Å². The summed E-state index contributed by atoms with van der Waals surface area (Å²) in [6.07, 6.45) is 0. The number of tetrazole rings is 1. The number of nitrogens with zero attached hydrogens (tertiary/aromatic N) is 4. The topological polar surface area (TPSA) is 62.1 Å². The molecule has 1 aromatic heterocycles. The standard InChI is InChI=1S/C17H16N4O2/c1-2-6-14(7-3-1)22-12-17-18-20-21(19-17)10-13-11-23-16-9-5-4-8-15(13)16/h1-9,13H,10-12H2. The molecule has 6 nitrogen and oxygen atoms in total. The molecular formula is C17H16N4O2. The average Bonchev–Trinajstić information content (AvgIpc) is 3.22. The van der Waals surface area contributed by atoms with Gasteiger partial charge in [-0.05, 0) is 23.4 Å². The van der Waals surface area contributed by atoms with E-state index in [1.165, 1.54) is 5.56 Å². The molecule has 2 aromatic carbocycles. The highest BCUT2D eigenvalue weighted by molar-refractivity contribution is 5.39. The van der Waals surface area contributed by atoms with Gasteiger partial charge in [0.15, 0.2) is 6.61 Å². The van der Waals surface area contributed by atoms with Crippen molar-refractivity contribution < 1.29 is 9.47 Å². The lowest BCUT2D eigenvalue weighted by Gasteiger charge is -2.06. The lowest BCUT2D eigenvalue weighted by atomic mass is 10.0. The molecule has 0 bridgehead atoms. The van der Waals surface area contributed by atoms with Crippen molar-refractivity contribution in [1.82, 2.24) is 20.2 Å². The predicted molar refractivity (Wildman–Crippen MR) is 83.3 cm³/mol. The third-order valence-corrected chi connectivity index (χ3v) is 3.79. The molecule has 23 heavy (non-hydrogen) atoms. The second-order valence-corrected chi connectivity index (χ2v) is 5.41. The van der Waals surface area contributed by atoms with Crippen LogP contribution in [0.5, 0.6) is 11.5 Å². The highest BCUT2D eigenvalue weighted by Crippen LogP contribution is 2.33. The molecule has 0 radical (unpaired) electrons. The first kappa shape index (κ1) is 13.8. The summed E-state index contributed by atoms with van der Waals surface area (Å²) in [5, 5.41) is 12.5. The van der Waals surface area contributed by atoms with Gasteiger partial charge in [0.1, 0.15) is 11.5 Å². The number of para-hydroxylation sites is 2. The third-order valence-electron chi connectivity index (χ3n) is 3.79. The zero-order valence-electron chi connectivity index (χ0n) is 12.5. The van der Waals surface area contributed by atoms with Crippen molar-refractivity contribution in [2.24, 2.45) is 0 Å². The summed E-state index contributed by atoms with van der Waals surface area (Å²) in [5.74, 6) is 2.57. The van der Waals surface area contributed by atoms with Gasteiger partial charge in [-0.25, -0.2) is 0 Å². The normalized spacial score (nSPS) is 15.9. The Bertz CT molecular complexity index is 788. The monoisotopic (exact) mass is 308 g/mol. The van der Waals surface area contributed by atoms with Crippen LogP contribution in [0.2, 0.25) is 0 Å². The number of hydrogen-bond donors (Lipinski definition) is 0. The summed E-state index contributed by atoms with van der Waals surface area (Å²) < 4.78 is 11.3. The van der Waals surface area contributed by atoms with Gasteiger partial charge in [0, 0.05) is 11.5 Å². The number of aromatic nitrogens is 4. The number of benzene rings is 2. The Morgan fingerprint density at radius 2 is 1.91 bits per heavy atom. The summed E-state index contributed by atoms with van der Waals surface area (Å²) in [6, 6.07) is 17.7. The fourth-order valence-electron chi connectivity index (χ4n) is 2.65. The Balaban J connectivity index is 1.39. The Morgan fingerprint density at radius 3 is 2.83 bits per heavy atom. The van der Waals surface area contributed by atoms with E-state index >= 15 is 0 Å². The van der Waals surface area contributed by atoms with Gasteiger partial charge in [-0.3, -0.25) is 0 Å². The number of ether oxygens (including phenoxy) is 2. The second kappa shape index (κ2) is 6.08.